The van der Waals surface area contributed by atoms with Crippen LogP contribution in [0.4, 0.5) is 8.78 Å². The van der Waals surface area contributed by atoms with Gasteiger partial charge in [0.25, 0.3) is 0 Å². The zero-order valence-electron chi connectivity index (χ0n) is 15.6. The molecule has 0 radical (unpaired) electrons. The second-order valence-electron chi connectivity index (χ2n) is 6.15. The maximum absolute atomic E-state index is 13.9. The first-order chi connectivity index (χ1) is 14.1. The highest BCUT2D eigenvalue weighted by Gasteiger charge is 2.33. The Morgan fingerprint density at radius 2 is 1.67 bits per heavy atom. The summed E-state index contributed by atoms with van der Waals surface area (Å²) >= 11 is 0. The van der Waals surface area contributed by atoms with Gasteiger partial charge >= 0.3 is 0 Å². The van der Waals surface area contributed by atoms with E-state index in [0.29, 0.717) is 0 Å². The lowest BCUT2D eigenvalue weighted by Gasteiger charge is -2.17. The average Bonchev–Trinajstić information content (AvgIpc) is 3.22. The predicted molar refractivity (Wildman–Crippen MR) is 103 cm³/mol. The molecule has 0 amide bonds. The first-order valence-electron chi connectivity index (χ1n) is 8.51. The van der Waals surface area contributed by atoms with E-state index >= 15 is 0 Å². The minimum atomic E-state index is -4.25. The fourth-order valence-corrected chi connectivity index (χ4v) is 5.46. The molecule has 1 N–H and O–H groups in total. The number of nitrogens with one attached hydrogen (secondary N) is 1. The summed E-state index contributed by atoms with van der Waals surface area (Å²) < 4.78 is 90.4. The van der Waals surface area contributed by atoms with Gasteiger partial charge in [-0.2, -0.15) is 0 Å². The lowest BCUT2D eigenvalue weighted by Crippen LogP contribution is -2.32. The predicted octanol–water partition coefficient (Wildman–Crippen LogP) is 3.06. The summed E-state index contributed by atoms with van der Waals surface area (Å²) in [6, 6.07) is 9.99. The van der Waals surface area contributed by atoms with Crippen LogP contribution in [0, 0.1) is 11.6 Å². The SMILES string of the molecule is COc1ccc(S(=O)(=O)NCC(c2ccco2)S(=O)(=O)c2ccc(F)cc2)cc1F. The first-order valence-corrected chi connectivity index (χ1v) is 11.5. The van der Waals surface area contributed by atoms with Crippen molar-refractivity contribution in [2.75, 3.05) is 13.7 Å². The van der Waals surface area contributed by atoms with Crippen molar-refractivity contribution in [1.82, 2.24) is 4.72 Å². The highest BCUT2D eigenvalue weighted by atomic mass is 32.2. The monoisotopic (exact) mass is 457 g/mol. The molecule has 0 aliphatic heterocycles. The molecule has 7 nitrogen and oxygen atoms in total. The molecule has 0 saturated carbocycles. The molecule has 0 saturated heterocycles. The van der Waals surface area contributed by atoms with Crippen LogP contribution in [0.15, 0.2) is 75.1 Å². The van der Waals surface area contributed by atoms with Gasteiger partial charge in [-0.25, -0.2) is 30.3 Å². The van der Waals surface area contributed by atoms with Gasteiger partial charge in [-0.1, -0.05) is 0 Å². The van der Waals surface area contributed by atoms with E-state index in [9.17, 15) is 25.6 Å². The third-order valence-electron chi connectivity index (χ3n) is 4.27. The Hall–Kier alpha value is -2.76. The summed E-state index contributed by atoms with van der Waals surface area (Å²) in [6.07, 6.45) is 1.25. The molecule has 0 fully saturated rings. The van der Waals surface area contributed by atoms with E-state index < -0.39 is 48.2 Å². The number of methoxy groups -OCH3 is 1. The van der Waals surface area contributed by atoms with Gasteiger partial charge in [0.15, 0.2) is 21.4 Å². The normalized spacial score (nSPS) is 13.2. The number of sulfone groups is 1. The van der Waals surface area contributed by atoms with E-state index in [2.05, 4.69) is 4.72 Å². The Morgan fingerprint density at radius 3 is 2.23 bits per heavy atom. The van der Waals surface area contributed by atoms with Crippen LogP contribution in [0.1, 0.15) is 11.0 Å². The summed E-state index contributed by atoms with van der Waals surface area (Å²) in [6.45, 7) is -0.594. The molecule has 160 valence electrons. The number of hydrogen-bond donors (Lipinski definition) is 1. The van der Waals surface area contributed by atoms with Crippen molar-refractivity contribution >= 4 is 19.9 Å². The van der Waals surface area contributed by atoms with Crippen molar-refractivity contribution in [3.63, 3.8) is 0 Å². The second-order valence-corrected chi connectivity index (χ2v) is 10.0. The number of rotatable bonds is 8. The largest absolute Gasteiger partial charge is 0.494 e. The quantitative estimate of drug-likeness (QED) is 0.522. The molecule has 1 aromatic heterocycles. The molecule has 11 heteroatoms. The standard InChI is InChI=1S/C19H17F2NO6S2/c1-27-17-9-8-15(11-16(17)21)30(25,26)22-12-19(18-3-2-10-28-18)29(23,24)14-6-4-13(20)5-7-14/h2-11,19,22H,12H2,1H3. The summed E-state index contributed by atoms with van der Waals surface area (Å²) in [5, 5.41) is -1.43. The summed E-state index contributed by atoms with van der Waals surface area (Å²) in [4.78, 5) is -0.613. The average molecular weight is 457 g/mol. The van der Waals surface area contributed by atoms with Gasteiger partial charge in [0.05, 0.1) is 23.2 Å². The van der Waals surface area contributed by atoms with Crippen LogP contribution in [-0.4, -0.2) is 30.5 Å². The lowest BCUT2D eigenvalue weighted by atomic mass is 10.3. The Bertz CT molecular complexity index is 1220. The van der Waals surface area contributed by atoms with E-state index in [4.69, 9.17) is 9.15 Å². The minimum Gasteiger partial charge on any atom is -0.494 e. The molecule has 2 aromatic carbocycles. The van der Waals surface area contributed by atoms with Gasteiger partial charge in [-0.15, -0.1) is 0 Å². The van der Waals surface area contributed by atoms with Crippen LogP contribution < -0.4 is 9.46 Å². The van der Waals surface area contributed by atoms with E-state index in [-0.39, 0.29) is 16.4 Å². The Kier molecular flexibility index (Phi) is 6.25. The highest BCUT2D eigenvalue weighted by Crippen LogP contribution is 2.30. The van der Waals surface area contributed by atoms with Gasteiger partial charge in [-0.3, -0.25) is 0 Å². The molecule has 3 aromatic rings. The Balaban J connectivity index is 1.91. The molecule has 0 bridgehead atoms. The highest BCUT2D eigenvalue weighted by molar-refractivity contribution is 7.92. The molecular formula is C19H17F2NO6S2. The molecule has 0 aliphatic carbocycles. The van der Waals surface area contributed by atoms with Crippen LogP contribution >= 0.6 is 0 Å². The molecule has 0 aliphatic rings. The van der Waals surface area contributed by atoms with Crippen LogP contribution in [-0.2, 0) is 19.9 Å². The maximum atomic E-state index is 13.9. The fourth-order valence-electron chi connectivity index (χ4n) is 2.71. The maximum Gasteiger partial charge on any atom is 0.240 e. The van der Waals surface area contributed by atoms with Crippen molar-refractivity contribution in [2.24, 2.45) is 0 Å². The molecule has 30 heavy (non-hydrogen) atoms. The number of benzene rings is 2. The third kappa shape index (κ3) is 4.53. The van der Waals surface area contributed by atoms with Crippen LogP contribution in [0.5, 0.6) is 5.75 Å². The van der Waals surface area contributed by atoms with E-state index in [1.165, 1.54) is 25.5 Å². The van der Waals surface area contributed by atoms with Gasteiger partial charge in [0.2, 0.25) is 10.0 Å². The smallest absolute Gasteiger partial charge is 0.240 e. The number of halogens is 2. The molecular weight excluding hydrogens is 440 g/mol. The zero-order valence-corrected chi connectivity index (χ0v) is 17.2. The Morgan fingerprint density at radius 1 is 1.00 bits per heavy atom. The number of hydrogen-bond acceptors (Lipinski definition) is 6. The number of ether oxygens (including phenoxy) is 1. The van der Waals surface area contributed by atoms with Crippen molar-refractivity contribution in [1.29, 1.82) is 0 Å². The summed E-state index contributed by atoms with van der Waals surface area (Å²) in [5.41, 5.74) is 0. The van der Waals surface area contributed by atoms with Crippen molar-refractivity contribution in [3.8, 4) is 5.75 Å². The molecule has 1 unspecified atom stereocenters. The molecule has 3 rings (SSSR count). The minimum absolute atomic E-state index is 0.0112. The zero-order chi connectivity index (χ0) is 21.9. The molecule has 1 atom stereocenters. The topological polar surface area (TPSA) is 103 Å². The van der Waals surface area contributed by atoms with Gasteiger partial charge in [0, 0.05) is 6.54 Å². The van der Waals surface area contributed by atoms with Crippen LogP contribution in [0.2, 0.25) is 0 Å². The molecule has 0 spiro atoms. The molecule has 1 heterocycles. The second kappa shape index (κ2) is 8.54. The van der Waals surface area contributed by atoms with Gasteiger partial charge in [0.1, 0.15) is 16.8 Å². The van der Waals surface area contributed by atoms with Crippen molar-refractivity contribution in [2.45, 2.75) is 15.0 Å². The fraction of sp³-hybridized carbons (Fsp3) is 0.158. The summed E-state index contributed by atoms with van der Waals surface area (Å²) in [5.74, 6) is -1.66. The van der Waals surface area contributed by atoms with Crippen LogP contribution in [0.25, 0.3) is 0 Å². The van der Waals surface area contributed by atoms with Crippen molar-refractivity contribution < 1.29 is 34.8 Å². The number of sulfonamides is 1. The third-order valence-corrected chi connectivity index (χ3v) is 7.77. The van der Waals surface area contributed by atoms with Crippen molar-refractivity contribution in [3.05, 3.63) is 78.3 Å². The van der Waals surface area contributed by atoms with Crippen LogP contribution in [0.3, 0.4) is 0 Å². The Labute approximate surface area is 172 Å². The lowest BCUT2D eigenvalue weighted by molar-refractivity contribution is 0.385. The van der Waals surface area contributed by atoms with Gasteiger partial charge < -0.3 is 9.15 Å². The van der Waals surface area contributed by atoms with E-state index in [0.717, 1.165) is 42.5 Å². The van der Waals surface area contributed by atoms with Gasteiger partial charge in [-0.05, 0) is 54.6 Å². The summed E-state index contributed by atoms with van der Waals surface area (Å²) in [7, 11) is -7.17. The number of furan rings is 1. The van der Waals surface area contributed by atoms with E-state index in [1.54, 1.807) is 0 Å². The van der Waals surface area contributed by atoms with E-state index in [1.807, 2.05) is 0 Å². The first kappa shape index (κ1) is 21.9.